The Kier molecular flexibility index (Phi) is 28.0. The van der Waals surface area contributed by atoms with Gasteiger partial charge in [0.15, 0.2) is 0 Å². The van der Waals surface area contributed by atoms with Crippen LogP contribution in [0.2, 0.25) is 0 Å². The van der Waals surface area contributed by atoms with Gasteiger partial charge in [-0.25, -0.2) is 0 Å². The molecule has 0 saturated carbocycles. The van der Waals surface area contributed by atoms with Crippen molar-refractivity contribution in [1.82, 2.24) is 0 Å². The Hall–Kier alpha value is -3.84. The van der Waals surface area contributed by atoms with Crippen LogP contribution in [-0.4, -0.2) is 92.5 Å². The number of para-hydroxylation sites is 4. The van der Waals surface area contributed by atoms with Gasteiger partial charge in [0.1, 0.15) is 23.0 Å². The van der Waals surface area contributed by atoms with E-state index in [1.165, 1.54) is 12.2 Å². The molecular weight excluding hydrogens is 789 g/mol. The molecule has 57 heavy (non-hydrogen) atoms. The normalized spacial score (nSPS) is 11.8. The second-order valence-corrected chi connectivity index (χ2v) is 17.6. The van der Waals surface area contributed by atoms with Crippen LogP contribution in [0.25, 0.3) is 0 Å². The summed E-state index contributed by atoms with van der Waals surface area (Å²) in [5.41, 5.74) is 6.77. The molecule has 0 aromatic heterocycles. The van der Waals surface area contributed by atoms with Crippen molar-refractivity contribution in [1.29, 1.82) is 0 Å². The van der Waals surface area contributed by atoms with E-state index in [-0.39, 0.29) is 18.9 Å². The van der Waals surface area contributed by atoms with Crippen molar-refractivity contribution in [3.63, 3.8) is 0 Å². The Morgan fingerprint density at radius 1 is 0.386 bits per heavy atom. The number of rotatable bonds is 19. The zero-order valence-corrected chi connectivity index (χ0v) is 36.8. The number of benzene rings is 4. The van der Waals surface area contributed by atoms with Gasteiger partial charge in [0, 0.05) is 94.3 Å². The zero-order valence-electron chi connectivity index (χ0n) is 33.5. The first-order chi connectivity index (χ1) is 27.1. The summed E-state index contributed by atoms with van der Waals surface area (Å²) < 4.78 is 0. The van der Waals surface area contributed by atoms with Crippen molar-refractivity contribution in [2.45, 2.75) is 61.8 Å². The molecule has 0 bridgehead atoms. The number of aliphatic imine (C=N–C) groups is 4. The maximum atomic E-state index is 9.81. The molecule has 0 radical (unpaired) electrons. The van der Waals surface area contributed by atoms with Crippen molar-refractivity contribution in [3.05, 3.63) is 119 Å². The predicted octanol–water partition coefficient (Wildman–Crippen LogP) is 12.0. The first kappa shape index (κ1) is 51.2. The minimum atomic E-state index is 0. The van der Waals surface area contributed by atoms with Gasteiger partial charge in [0.2, 0.25) is 0 Å². The highest BCUT2D eigenvalue weighted by atomic mass is 33.1. The minimum absolute atomic E-state index is 0. The first-order valence-corrected chi connectivity index (χ1v) is 23.7. The molecule has 0 atom stereocenters. The molecule has 12 heteroatoms. The van der Waals surface area contributed by atoms with Gasteiger partial charge in [-0.2, -0.15) is 0 Å². The number of nitrogens with zero attached hydrogens (tertiary/aromatic N) is 4. The molecule has 0 aliphatic heterocycles. The van der Waals surface area contributed by atoms with Crippen molar-refractivity contribution in [2.75, 3.05) is 49.2 Å². The lowest BCUT2D eigenvalue weighted by Gasteiger charge is -2.04. The molecule has 4 aromatic rings. The Labute approximate surface area is 357 Å². The quantitative estimate of drug-likeness (QED) is 0.0417. The van der Waals surface area contributed by atoms with Crippen molar-refractivity contribution < 1.29 is 20.4 Å². The first-order valence-electron chi connectivity index (χ1n) is 18.8. The standard InChI is InChI=1S/C20H24N2O2S2.C13H19NOS2.C11H15NO.CH4/c1-15(17-7-3-5-9-19(17)23)21-11-13-25-26-14-12-22-16(2)18-8-4-6-10-20(18)24;1-3-9-16-17-10-8-14-11(2)12-6-4-5-7-13(12)15;1-3-8-12-9(2)10-6-4-5-7-11(10)13;/h3-10,23-24H,11-14H2,1-2H3;4-7,15H,3,8-10H2,1-2H3;4-7,13H,3,8H2,1-2H3;1H4. The number of hydrogen-bond acceptors (Lipinski definition) is 12. The van der Waals surface area contributed by atoms with E-state index in [4.69, 9.17) is 0 Å². The van der Waals surface area contributed by atoms with Crippen LogP contribution in [0.4, 0.5) is 0 Å². The van der Waals surface area contributed by atoms with Gasteiger partial charge in [0.25, 0.3) is 0 Å². The van der Waals surface area contributed by atoms with Crippen LogP contribution in [-0.2, 0) is 0 Å². The predicted molar refractivity (Wildman–Crippen MR) is 258 cm³/mol. The van der Waals surface area contributed by atoms with Crippen molar-refractivity contribution >= 4 is 66.0 Å². The summed E-state index contributed by atoms with van der Waals surface area (Å²) in [7, 11) is 7.32. The number of aromatic hydroxyl groups is 4. The second kappa shape index (κ2) is 31.2. The van der Waals surface area contributed by atoms with Gasteiger partial charge in [0.05, 0.1) is 0 Å². The van der Waals surface area contributed by atoms with Crippen LogP contribution in [0.5, 0.6) is 23.0 Å². The lowest BCUT2D eigenvalue weighted by atomic mass is 10.1. The molecular formula is C45H62N4O4S4. The summed E-state index contributed by atoms with van der Waals surface area (Å²) in [6, 6.07) is 29.1. The smallest absolute Gasteiger partial charge is 0.124 e. The summed E-state index contributed by atoms with van der Waals surface area (Å²) in [4.78, 5) is 17.8. The fourth-order valence-corrected chi connectivity index (χ4v) is 8.53. The van der Waals surface area contributed by atoms with Crippen molar-refractivity contribution in [3.8, 4) is 23.0 Å². The molecule has 4 N–H and O–H groups in total. The molecule has 0 saturated heterocycles. The average molecular weight is 851 g/mol. The highest BCUT2D eigenvalue weighted by molar-refractivity contribution is 8.77. The third-order valence-corrected chi connectivity index (χ3v) is 12.7. The molecule has 4 rings (SSSR count). The van der Waals surface area contributed by atoms with Crippen LogP contribution in [0, 0.1) is 0 Å². The van der Waals surface area contributed by atoms with Crippen LogP contribution < -0.4 is 0 Å². The lowest BCUT2D eigenvalue weighted by molar-refractivity contribution is 0.473. The molecule has 0 aliphatic carbocycles. The second-order valence-electron chi connectivity index (χ2n) is 12.2. The van der Waals surface area contributed by atoms with Crippen molar-refractivity contribution in [2.24, 2.45) is 20.0 Å². The highest BCUT2D eigenvalue weighted by Crippen LogP contribution is 2.23. The Morgan fingerprint density at radius 2 is 0.632 bits per heavy atom. The zero-order chi connectivity index (χ0) is 41.0. The summed E-state index contributed by atoms with van der Waals surface area (Å²) in [6.07, 6.45) is 2.25. The molecule has 0 fully saturated rings. The molecule has 4 aromatic carbocycles. The van der Waals surface area contributed by atoms with E-state index in [2.05, 4.69) is 33.8 Å². The molecule has 0 aliphatic rings. The van der Waals surface area contributed by atoms with E-state index in [0.717, 1.165) is 95.0 Å². The summed E-state index contributed by atoms with van der Waals surface area (Å²) in [6.45, 7) is 15.0. The summed E-state index contributed by atoms with van der Waals surface area (Å²) in [5, 5.41) is 38.8. The highest BCUT2D eigenvalue weighted by Gasteiger charge is 2.05. The van der Waals surface area contributed by atoms with Gasteiger partial charge in [-0.3, -0.25) is 20.0 Å². The van der Waals surface area contributed by atoms with Gasteiger partial charge >= 0.3 is 0 Å². The fraction of sp³-hybridized carbons (Fsp3) is 0.378. The van der Waals surface area contributed by atoms with E-state index >= 15 is 0 Å². The SMILES string of the molecule is C.CC(=NCCSSCCN=C(C)c1ccccc1O)c1ccccc1O.CCCN=C(C)c1ccccc1O.CCCSSCCN=C(C)c1ccccc1O. The van der Waals surface area contributed by atoms with Gasteiger partial charge in [-0.05, 0) is 89.1 Å². The Balaban J connectivity index is 0.000000454. The number of phenols is 4. The van der Waals surface area contributed by atoms with E-state index in [1.54, 1.807) is 45.9 Å². The maximum absolute atomic E-state index is 9.81. The van der Waals surface area contributed by atoms with Gasteiger partial charge in [-0.15, -0.1) is 0 Å². The van der Waals surface area contributed by atoms with Crippen LogP contribution in [0.15, 0.2) is 117 Å². The summed E-state index contributed by atoms with van der Waals surface area (Å²) >= 11 is 0. The maximum Gasteiger partial charge on any atom is 0.124 e. The number of phenolic OH excluding ortho intramolecular Hbond substituents is 4. The van der Waals surface area contributed by atoms with E-state index in [9.17, 15) is 20.4 Å². The summed E-state index contributed by atoms with van der Waals surface area (Å²) in [5.74, 6) is 5.21. The largest absolute Gasteiger partial charge is 0.507 e. The molecule has 0 heterocycles. The topological polar surface area (TPSA) is 130 Å². The molecule has 0 unspecified atom stereocenters. The van der Waals surface area contributed by atoms with E-state index in [0.29, 0.717) is 11.5 Å². The lowest BCUT2D eigenvalue weighted by Crippen LogP contribution is -1.98. The fourth-order valence-electron chi connectivity index (χ4n) is 4.81. The van der Waals surface area contributed by atoms with Crippen LogP contribution >= 0.6 is 43.2 Å². The van der Waals surface area contributed by atoms with Crippen LogP contribution in [0.1, 0.15) is 84.1 Å². The third kappa shape index (κ3) is 20.9. The molecule has 8 nitrogen and oxygen atoms in total. The van der Waals surface area contributed by atoms with E-state index < -0.39 is 0 Å². The average Bonchev–Trinajstić information content (AvgIpc) is 3.20. The third-order valence-electron chi connectivity index (χ3n) is 7.77. The molecule has 310 valence electrons. The Morgan fingerprint density at radius 3 is 0.877 bits per heavy atom. The van der Waals surface area contributed by atoms with E-state index in [1.807, 2.05) is 122 Å². The monoisotopic (exact) mass is 850 g/mol. The Bertz CT molecular complexity index is 1780. The molecule has 0 amide bonds. The molecule has 0 spiro atoms. The van der Waals surface area contributed by atoms with Gasteiger partial charge < -0.3 is 20.4 Å². The minimum Gasteiger partial charge on any atom is -0.507 e. The number of hydrogen-bond donors (Lipinski definition) is 4. The van der Waals surface area contributed by atoms with Crippen LogP contribution in [0.3, 0.4) is 0 Å². The van der Waals surface area contributed by atoms with Gasteiger partial charge in [-0.1, -0.05) is 113 Å².